The molecular weight excluding hydrogens is 362 g/mol. The zero-order chi connectivity index (χ0) is 19.2. The zero-order valence-corrected chi connectivity index (χ0v) is 17.3. The van der Waals surface area contributed by atoms with Crippen LogP contribution in [0, 0.1) is 11.8 Å². The van der Waals surface area contributed by atoms with Crippen molar-refractivity contribution in [2.75, 3.05) is 38.8 Å². The van der Waals surface area contributed by atoms with Gasteiger partial charge in [-0.1, -0.05) is 13.0 Å². The van der Waals surface area contributed by atoms with Gasteiger partial charge in [0.05, 0.1) is 25.0 Å². The van der Waals surface area contributed by atoms with Crippen molar-refractivity contribution in [3.8, 4) is 5.88 Å². The van der Waals surface area contributed by atoms with Crippen molar-refractivity contribution in [1.29, 1.82) is 0 Å². The third kappa shape index (κ3) is 5.15. The van der Waals surface area contributed by atoms with Crippen molar-refractivity contribution in [2.45, 2.75) is 38.5 Å². The Balaban J connectivity index is 1.59. The number of carbonyl (C=O) groups is 1. The number of hydrogen-bond acceptors (Lipinski definition) is 6. The quantitative estimate of drug-likeness (QED) is 0.730. The number of rotatable bonds is 8. The Hall–Kier alpha value is -1.31. The lowest BCUT2D eigenvalue weighted by Gasteiger charge is -2.37. The molecule has 1 N–H and O–H groups in total. The molecule has 2 fully saturated rings. The third-order valence-electron chi connectivity index (χ3n) is 5.72. The largest absolute Gasteiger partial charge is 0.481 e. The molecule has 27 heavy (non-hydrogen) atoms. The van der Waals surface area contributed by atoms with E-state index < -0.39 is 0 Å². The molecule has 1 saturated carbocycles. The van der Waals surface area contributed by atoms with Crippen molar-refractivity contribution in [1.82, 2.24) is 15.2 Å². The maximum Gasteiger partial charge on any atom is 0.230 e. The van der Waals surface area contributed by atoms with E-state index in [2.05, 4.69) is 28.2 Å². The number of hydrogen-bond donors (Lipinski definition) is 1. The van der Waals surface area contributed by atoms with Crippen molar-refractivity contribution in [2.24, 2.45) is 11.8 Å². The van der Waals surface area contributed by atoms with Crippen LogP contribution in [0.25, 0.3) is 0 Å². The van der Waals surface area contributed by atoms with Crippen molar-refractivity contribution in [3.05, 3.63) is 23.9 Å². The summed E-state index contributed by atoms with van der Waals surface area (Å²) in [6.07, 6.45) is 3.87. The van der Waals surface area contributed by atoms with Gasteiger partial charge in [0, 0.05) is 38.5 Å². The highest BCUT2D eigenvalue weighted by Crippen LogP contribution is 2.38. The summed E-state index contributed by atoms with van der Waals surface area (Å²) in [6, 6.07) is 4.16. The van der Waals surface area contributed by atoms with Crippen LogP contribution in [0.3, 0.4) is 0 Å². The maximum atomic E-state index is 12.2. The first-order valence-electron chi connectivity index (χ1n) is 9.74. The molecule has 2 aliphatic rings. The van der Waals surface area contributed by atoms with E-state index >= 15 is 0 Å². The van der Waals surface area contributed by atoms with Gasteiger partial charge in [0.2, 0.25) is 11.8 Å². The fourth-order valence-corrected chi connectivity index (χ4v) is 4.94. The first-order chi connectivity index (χ1) is 13.1. The van der Waals surface area contributed by atoms with Gasteiger partial charge in [-0.05, 0) is 36.5 Å². The fraction of sp³-hybridized carbons (Fsp3) is 0.700. The molecule has 0 radical (unpaired) electrons. The van der Waals surface area contributed by atoms with Crippen LogP contribution in [0.1, 0.15) is 25.3 Å². The molecule has 0 spiro atoms. The number of nitrogens with zero attached hydrogens (tertiary/aromatic N) is 2. The van der Waals surface area contributed by atoms with Gasteiger partial charge in [-0.25, -0.2) is 4.98 Å². The molecule has 150 valence electrons. The lowest BCUT2D eigenvalue weighted by Crippen LogP contribution is -2.50. The van der Waals surface area contributed by atoms with Crippen molar-refractivity contribution in [3.63, 3.8) is 0 Å². The van der Waals surface area contributed by atoms with Gasteiger partial charge in [-0.2, -0.15) is 11.8 Å². The van der Waals surface area contributed by atoms with Crippen molar-refractivity contribution >= 4 is 17.7 Å². The number of methoxy groups -OCH3 is 2. The Morgan fingerprint density at radius 1 is 1.33 bits per heavy atom. The Labute approximate surface area is 166 Å². The number of carbonyl (C=O) groups excluding carboxylic acids is 1. The second kappa shape index (κ2) is 9.75. The Morgan fingerprint density at radius 2 is 2.11 bits per heavy atom. The summed E-state index contributed by atoms with van der Waals surface area (Å²) < 4.78 is 11.1. The zero-order valence-electron chi connectivity index (χ0n) is 16.5. The molecule has 6 nitrogen and oxygen atoms in total. The topological polar surface area (TPSA) is 63.7 Å². The van der Waals surface area contributed by atoms with Gasteiger partial charge in [-0.3, -0.25) is 9.69 Å². The van der Waals surface area contributed by atoms with Crippen LogP contribution in [0.5, 0.6) is 5.88 Å². The Bertz CT molecular complexity index is 630. The molecule has 1 aliphatic heterocycles. The number of thioether (sulfide) groups is 1. The average Bonchev–Trinajstić information content (AvgIpc) is 3.07. The van der Waals surface area contributed by atoms with Gasteiger partial charge >= 0.3 is 0 Å². The molecule has 1 saturated heterocycles. The van der Waals surface area contributed by atoms with Crippen LogP contribution in [0.4, 0.5) is 0 Å². The van der Waals surface area contributed by atoms with E-state index in [1.807, 2.05) is 6.07 Å². The van der Waals surface area contributed by atoms with Crippen LogP contribution in [-0.4, -0.2) is 66.8 Å². The van der Waals surface area contributed by atoms with Crippen LogP contribution >= 0.6 is 11.8 Å². The Morgan fingerprint density at radius 3 is 2.81 bits per heavy atom. The lowest BCUT2D eigenvalue weighted by molar-refractivity contribution is -0.121. The number of nitrogens with one attached hydrogen (secondary N) is 1. The van der Waals surface area contributed by atoms with Crippen LogP contribution in [0.2, 0.25) is 0 Å². The van der Waals surface area contributed by atoms with E-state index in [-0.39, 0.29) is 18.1 Å². The minimum absolute atomic E-state index is 0.106. The van der Waals surface area contributed by atoms with Crippen LogP contribution in [0.15, 0.2) is 18.3 Å². The number of ether oxygens (including phenoxy) is 2. The summed E-state index contributed by atoms with van der Waals surface area (Å²) in [4.78, 5) is 19.0. The first kappa shape index (κ1) is 20.4. The van der Waals surface area contributed by atoms with Gasteiger partial charge < -0.3 is 14.8 Å². The molecule has 1 amide bonds. The van der Waals surface area contributed by atoms with Crippen molar-refractivity contribution < 1.29 is 14.3 Å². The molecule has 1 aliphatic carbocycles. The van der Waals surface area contributed by atoms with E-state index in [1.54, 1.807) is 32.2 Å². The number of amides is 1. The number of aromatic nitrogens is 1. The normalized spacial score (nSPS) is 28.0. The molecular formula is C20H31N3O3S. The summed E-state index contributed by atoms with van der Waals surface area (Å²) in [5.41, 5.74) is 1.13. The SMILES string of the molecule is CCSCC(=O)N[C@H]1C[C@H]2CN(Cc3cccnc3OC)C[C@H]2C[C@@H]1OC. The first-order valence-corrected chi connectivity index (χ1v) is 10.9. The second-order valence-corrected chi connectivity index (χ2v) is 8.72. The molecule has 0 unspecified atom stereocenters. The maximum absolute atomic E-state index is 12.2. The molecule has 4 atom stereocenters. The highest BCUT2D eigenvalue weighted by Gasteiger charge is 2.42. The summed E-state index contributed by atoms with van der Waals surface area (Å²) in [6.45, 7) is 5.04. The lowest BCUT2D eigenvalue weighted by atomic mass is 9.77. The van der Waals surface area contributed by atoms with E-state index in [0.717, 1.165) is 43.8 Å². The van der Waals surface area contributed by atoms with E-state index in [9.17, 15) is 4.79 Å². The summed E-state index contributed by atoms with van der Waals surface area (Å²) in [7, 11) is 3.43. The standard InChI is InChI=1S/C20H31N3O3S/c1-4-27-13-19(24)22-17-8-15-11-23(12-16(15)9-18(17)25-2)10-14-6-5-7-21-20(14)26-3/h5-7,15-18H,4,8-13H2,1-3H3,(H,22,24)/t15-,16+,17-,18-/m0/s1. The number of fused-ring (bicyclic) bond motifs is 1. The second-order valence-electron chi connectivity index (χ2n) is 7.44. The van der Waals surface area contributed by atoms with Crippen LogP contribution < -0.4 is 10.1 Å². The average molecular weight is 394 g/mol. The smallest absolute Gasteiger partial charge is 0.230 e. The third-order valence-corrected chi connectivity index (χ3v) is 6.59. The van der Waals surface area contributed by atoms with Gasteiger partial charge in [0.15, 0.2) is 0 Å². The van der Waals surface area contributed by atoms with Gasteiger partial charge in [0.1, 0.15) is 0 Å². The van der Waals surface area contributed by atoms with Gasteiger partial charge in [0.25, 0.3) is 0 Å². The molecule has 0 aromatic carbocycles. The highest BCUT2D eigenvalue weighted by molar-refractivity contribution is 7.99. The number of likely N-dealkylation sites (tertiary alicyclic amines) is 1. The van der Waals surface area contributed by atoms with Gasteiger partial charge in [-0.15, -0.1) is 0 Å². The summed E-state index contributed by atoms with van der Waals surface area (Å²) >= 11 is 1.66. The minimum Gasteiger partial charge on any atom is -0.481 e. The molecule has 0 bridgehead atoms. The molecule has 3 rings (SSSR count). The summed E-state index contributed by atoms with van der Waals surface area (Å²) in [5, 5.41) is 3.22. The van der Waals surface area contributed by atoms with E-state index in [1.165, 1.54) is 0 Å². The highest BCUT2D eigenvalue weighted by atomic mass is 32.2. The molecule has 2 heterocycles. The summed E-state index contributed by atoms with van der Waals surface area (Å²) in [5.74, 6) is 3.55. The Kier molecular flexibility index (Phi) is 7.38. The molecule has 1 aromatic heterocycles. The number of pyridine rings is 1. The van der Waals surface area contributed by atoms with Crippen LogP contribution in [-0.2, 0) is 16.1 Å². The molecule has 7 heteroatoms. The van der Waals surface area contributed by atoms with E-state index in [4.69, 9.17) is 9.47 Å². The minimum atomic E-state index is 0.106. The molecule has 1 aromatic rings. The van der Waals surface area contributed by atoms with E-state index in [0.29, 0.717) is 23.5 Å². The predicted molar refractivity (Wildman–Crippen MR) is 108 cm³/mol. The predicted octanol–water partition coefficient (Wildman–Crippen LogP) is 2.18. The fourth-order valence-electron chi connectivity index (χ4n) is 4.46. The monoisotopic (exact) mass is 393 g/mol.